The van der Waals surface area contributed by atoms with Crippen LogP contribution < -0.4 is 5.73 Å². The summed E-state index contributed by atoms with van der Waals surface area (Å²) in [6, 6.07) is 7.52. The second-order valence-corrected chi connectivity index (χ2v) is 4.50. The first kappa shape index (κ1) is 12.1. The third kappa shape index (κ3) is 2.33. The molecule has 0 saturated carbocycles. The van der Waals surface area contributed by atoms with E-state index in [9.17, 15) is 9.90 Å². The highest BCUT2D eigenvalue weighted by Crippen LogP contribution is 2.30. The van der Waals surface area contributed by atoms with E-state index in [2.05, 4.69) is 0 Å². The van der Waals surface area contributed by atoms with Gasteiger partial charge in [-0.2, -0.15) is 0 Å². The molecule has 0 bridgehead atoms. The third-order valence-corrected chi connectivity index (χ3v) is 3.39. The van der Waals surface area contributed by atoms with Crippen molar-refractivity contribution < 1.29 is 9.90 Å². The molecule has 1 saturated heterocycles. The van der Waals surface area contributed by atoms with Gasteiger partial charge in [0, 0.05) is 20.0 Å². The SMILES string of the molecule is CN1C(=O)CCC(O)C1c1ccc(CN)cc1. The van der Waals surface area contributed by atoms with Gasteiger partial charge in [0.05, 0.1) is 12.1 Å². The van der Waals surface area contributed by atoms with Crippen LogP contribution in [0.1, 0.15) is 30.0 Å². The second-order valence-electron chi connectivity index (χ2n) is 4.50. The number of likely N-dealkylation sites (N-methyl/N-ethyl adjacent to an activating group) is 1. The maximum absolute atomic E-state index is 11.6. The lowest BCUT2D eigenvalue weighted by Gasteiger charge is -2.36. The standard InChI is InChI=1S/C13H18N2O2/c1-15-12(17)7-6-11(16)13(15)10-4-2-9(8-14)3-5-10/h2-5,11,13,16H,6-8,14H2,1H3. The number of likely N-dealkylation sites (tertiary alicyclic amines) is 1. The summed E-state index contributed by atoms with van der Waals surface area (Å²) in [4.78, 5) is 13.3. The van der Waals surface area contributed by atoms with E-state index in [4.69, 9.17) is 5.73 Å². The van der Waals surface area contributed by atoms with Crippen LogP contribution in [0.15, 0.2) is 24.3 Å². The summed E-state index contributed by atoms with van der Waals surface area (Å²) < 4.78 is 0. The molecule has 2 rings (SSSR count). The number of rotatable bonds is 2. The summed E-state index contributed by atoms with van der Waals surface area (Å²) in [6.45, 7) is 0.502. The molecular weight excluding hydrogens is 216 g/mol. The molecule has 4 heteroatoms. The highest BCUT2D eigenvalue weighted by atomic mass is 16.3. The molecule has 2 unspecified atom stereocenters. The first-order valence-electron chi connectivity index (χ1n) is 5.86. The number of nitrogens with two attached hydrogens (primary N) is 1. The molecule has 1 aromatic carbocycles. The minimum absolute atomic E-state index is 0.0863. The molecule has 1 aliphatic rings. The summed E-state index contributed by atoms with van der Waals surface area (Å²) >= 11 is 0. The zero-order valence-corrected chi connectivity index (χ0v) is 9.97. The van der Waals surface area contributed by atoms with Crippen molar-refractivity contribution in [2.45, 2.75) is 31.5 Å². The van der Waals surface area contributed by atoms with Gasteiger partial charge in [-0.15, -0.1) is 0 Å². The Bertz CT molecular complexity index is 402. The molecule has 2 atom stereocenters. The van der Waals surface area contributed by atoms with E-state index in [0.29, 0.717) is 19.4 Å². The van der Waals surface area contributed by atoms with Crippen molar-refractivity contribution in [1.82, 2.24) is 4.90 Å². The van der Waals surface area contributed by atoms with Gasteiger partial charge in [-0.05, 0) is 17.5 Å². The smallest absolute Gasteiger partial charge is 0.223 e. The number of hydrogen-bond donors (Lipinski definition) is 2. The van der Waals surface area contributed by atoms with Crippen molar-refractivity contribution in [3.8, 4) is 0 Å². The Morgan fingerprint density at radius 1 is 1.41 bits per heavy atom. The molecule has 1 fully saturated rings. The van der Waals surface area contributed by atoms with Crippen molar-refractivity contribution >= 4 is 5.91 Å². The molecule has 4 nitrogen and oxygen atoms in total. The van der Waals surface area contributed by atoms with Gasteiger partial charge in [-0.3, -0.25) is 4.79 Å². The van der Waals surface area contributed by atoms with Crippen molar-refractivity contribution in [2.24, 2.45) is 5.73 Å². The largest absolute Gasteiger partial charge is 0.391 e. The van der Waals surface area contributed by atoms with Crippen LogP contribution in [0.4, 0.5) is 0 Å². The summed E-state index contributed by atoms with van der Waals surface area (Å²) in [5.74, 6) is 0.0863. The molecule has 0 radical (unpaired) electrons. The average Bonchev–Trinajstić information content (AvgIpc) is 2.35. The predicted octanol–water partition coefficient (Wildman–Crippen LogP) is 0.800. The summed E-state index contributed by atoms with van der Waals surface area (Å²) in [6.07, 6.45) is 0.475. The van der Waals surface area contributed by atoms with Gasteiger partial charge in [0.1, 0.15) is 0 Å². The van der Waals surface area contributed by atoms with E-state index in [1.165, 1.54) is 0 Å². The number of piperidine rings is 1. The number of carbonyl (C=O) groups is 1. The molecule has 3 N–H and O–H groups in total. The molecule has 17 heavy (non-hydrogen) atoms. The molecule has 0 spiro atoms. The van der Waals surface area contributed by atoms with Gasteiger partial charge in [0.2, 0.25) is 5.91 Å². The normalized spacial score (nSPS) is 25.1. The monoisotopic (exact) mass is 234 g/mol. The molecule has 0 aromatic heterocycles. The van der Waals surface area contributed by atoms with Crippen LogP contribution in [0.3, 0.4) is 0 Å². The quantitative estimate of drug-likeness (QED) is 0.795. The number of aliphatic hydroxyl groups is 1. The maximum Gasteiger partial charge on any atom is 0.223 e. The van der Waals surface area contributed by atoms with Crippen LogP contribution in [-0.4, -0.2) is 29.1 Å². The topological polar surface area (TPSA) is 66.6 Å². The fourth-order valence-electron chi connectivity index (χ4n) is 2.32. The Morgan fingerprint density at radius 2 is 2.06 bits per heavy atom. The molecule has 1 aliphatic heterocycles. The lowest BCUT2D eigenvalue weighted by Crippen LogP contribution is -2.42. The van der Waals surface area contributed by atoms with Crippen LogP contribution in [-0.2, 0) is 11.3 Å². The second kappa shape index (κ2) is 4.85. The lowest BCUT2D eigenvalue weighted by atomic mass is 9.92. The van der Waals surface area contributed by atoms with Crippen LogP contribution >= 0.6 is 0 Å². The number of amides is 1. The Hall–Kier alpha value is -1.39. The third-order valence-electron chi connectivity index (χ3n) is 3.39. The van der Waals surface area contributed by atoms with Gasteiger partial charge < -0.3 is 15.7 Å². The summed E-state index contributed by atoms with van der Waals surface area (Å²) in [5, 5.41) is 10.0. The van der Waals surface area contributed by atoms with E-state index in [1.807, 2.05) is 24.3 Å². The Labute approximate surface area is 101 Å². The Kier molecular flexibility index (Phi) is 3.45. The number of nitrogens with zero attached hydrogens (tertiary/aromatic N) is 1. The van der Waals surface area contributed by atoms with Gasteiger partial charge in [0.15, 0.2) is 0 Å². The zero-order chi connectivity index (χ0) is 12.4. The number of benzene rings is 1. The number of carbonyl (C=O) groups excluding carboxylic acids is 1. The number of aliphatic hydroxyl groups excluding tert-OH is 1. The molecule has 1 heterocycles. The minimum Gasteiger partial charge on any atom is -0.391 e. The lowest BCUT2D eigenvalue weighted by molar-refractivity contribution is -0.140. The molecule has 92 valence electrons. The summed E-state index contributed by atoms with van der Waals surface area (Å²) in [7, 11) is 1.74. The van der Waals surface area contributed by atoms with Crippen LogP contribution in [0, 0.1) is 0 Å². The minimum atomic E-state index is -0.485. The van der Waals surface area contributed by atoms with E-state index < -0.39 is 6.10 Å². The highest BCUT2D eigenvalue weighted by molar-refractivity contribution is 5.77. The number of hydrogen-bond acceptors (Lipinski definition) is 3. The zero-order valence-electron chi connectivity index (χ0n) is 9.97. The first-order valence-corrected chi connectivity index (χ1v) is 5.86. The Morgan fingerprint density at radius 3 is 2.65 bits per heavy atom. The van der Waals surface area contributed by atoms with Crippen LogP contribution in [0.5, 0.6) is 0 Å². The molecule has 0 aliphatic carbocycles. The van der Waals surface area contributed by atoms with Crippen molar-refractivity contribution in [3.63, 3.8) is 0 Å². The van der Waals surface area contributed by atoms with Crippen molar-refractivity contribution in [2.75, 3.05) is 7.05 Å². The van der Waals surface area contributed by atoms with Crippen molar-refractivity contribution in [3.05, 3.63) is 35.4 Å². The Balaban J connectivity index is 2.26. The maximum atomic E-state index is 11.6. The molecule has 1 amide bonds. The highest BCUT2D eigenvalue weighted by Gasteiger charge is 2.33. The fraction of sp³-hybridized carbons (Fsp3) is 0.462. The van der Waals surface area contributed by atoms with E-state index in [-0.39, 0.29) is 11.9 Å². The van der Waals surface area contributed by atoms with Crippen molar-refractivity contribution in [1.29, 1.82) is 0 Å². The van der Waals surface area contributed by atoms with E-state index in [1.54, 1.807) is 11.9 Å². The van der Waals surface area contributed by atoms with Gasteiger partial charge in [-0.1, -0.05) is 24.3 Å². The van der Waals surface area contributed by atoms with E-state index >= 15 is 0 Å². The van der Waals surface area contributed by atoms with Crippen LogP contribution in [0.2, 0.25) is 0 Å². The summed E-state index contributed by atoms with van der Waals surface area (Å²) in [5.41, 5.74) is 7.55. The molecule has 1 aromatic rings. The first-order chi connectivity index (χ1) is 8.13. The molecular formula is C13H18N2O2. The van der Waals surface area contributed by atoms with Gasteiger partial charge in [-0.25, -0.2) is 0 Å². The van der Waals surface area contributed by atoms with Gasteiger partial charge >= 0.3 is 0 Å². The fourth-order valence-corrected chi connectivity index (χ4v) is 2.32. The van der Waals surface area contributed by atoms with Gasteiger partial charge in [0.25, 0.3) is 0 Å². The average molecular weight is 234 g/mol. The van der Waals surface area contributed by atoms with E-state index in [0.717, 1.165) is 11.1 Å². The van der Waals surface area contributed by atoms with Crippen LogP contribution in [0.25, 0.3) is 0 Å². The predicted molar refractivity (Wildman–Crippen MR) is 65.1 cm³/mol.